The van der Waals surface area contributed by atoms with Crippen molar-refractivity contribution in [3.05, 3.63) is 41.6 Å². The van der Waals surface area contributed by atoms with Crippen LogP contribution < -0.4 is 10.6 Å². The molecule has 0 aliphatic heterocycles. The Labute approximate surface area is 127 Å². The van der Waals surface area contributed by atoms with Crippen LogP contribution in [0.2, 0.25) is 0 Å². The third-order valence-electron chi connectivity index (χ3n) is 3.16. The van der Waals surface area contributed by atoms with Gasteiger partial charge in [-0.05, 0) is 37.0 Å². The quantitative estimate of drug-likeness (QED) is 0.836. The summed E-state index contributed by atoms with van der Waals surface area (Å²) in [6.07, 6.45) is 1.05. The molecule has 1 aromatic heterocycles. The number of benzene rings is 1. The van der Waals surface area contributed by atoms with Gasteiger partial charge in [-0.3, -0.25) is 0 Å². The van der Waals surface area contributed by atoms with Crippen LogP contribution >= 0.6 is 0 Å². The van der Waals surface area contributed by atoms with E-state index in [1.807, 2.05) is 13.0 Å². The molecule has 2 N–H and O–H groups in total. The lowest BCUT2D eigenvalue weighted by molar-refractivity contribution is 0.684. The van der Waals surface area contributed by atoms with Crippen molar-refractivity contribution in [2.75, 3.05) is 17.2 Å². The van der Waals surface area contributed by atoms with Gasteiger partial charge in [0.1, 0.15) is 5.82 Å². The zero-order valence-corrected chi connectivity index (χ0v) is 13.3. The van der Waals surface area contributed by atoms with E-state index in [0.29, 0.717) is 11.9 Å². The molecule has 4 nitrogen and oxygen atoms in total. The molecule has 0 spiro atoms. The number of rotatable bonds is 6. The van der Waals surface area contributed by atoms with Crippen molar-refractivity contribution in [3.63, 3.8) is 0 Å². The van der Waals surface area contributed by atoms with Crippen molar-refractivity contribution < 1.29 is 0 Å². The summed E-state index contributed by atoms with van der Waals surface area (Å²) >= 11 is 0. The van der Waals surface area contributed by atoms with Crippen LogP contribution in [0.5, 0.6) is 0 Å². The standard InChI is InChI=1S/C17H24N4/c1-5-14-6-8-15(9-7-14)20-16-10-13(4)19-17(21-16)18-11-12(2)3/h6-10,12H,5,11H2,1-4H3,(H2,18,19,20,21). The lowest BCUT2D eigenvalue weighted by atomic mass is 10.1. The number of hydrogen-bond acceptors (Lipinski definition) is 4. The summed E-state index contributed by atoms with van der Waals surface area (Å²) in [4.78, 5) is 8.92. The molecule has 0 unspecified atom stereocenters. The normalized spacial score (nSPS) is 10.7. The van der Waals surface area contributed by atoms with E-state index in [4.69, 9.17) is 0 Å². The van der Waals surface area contributed by atoms with Gasteiger partial charge in [-0.2, -0.15) is 4.98 Å². The minimum Gasteiger partial charge on any atom is -0.354 e. The summed E-state index contributed by atoms with van der Waals surface area (Å²) < 4.78 is 0. The van der Waals surface area contributed by atoms with E-state index in [0.717, 1.165) is 30.2 Å². The van der Waals surface area contributed by atoms with E-state index in [1.165, 1.54) is 5.56 Å². The molecule has 0 radical (unpaired) electrons. The van der Waals surface area contributed by atoms with Crippen LogP contribution in [-0.4, -0.2) is 16.5 Å². The summed E-state index contributed by atoms with van der Waals surface area (Å²) in [7, 11) is 0. The maximum atomic E-state index is 4.51. The first-order valence-electron chi connectivity index (χ1n) is 7.52. The lowest BCUT2D eigenvalue weighted by Crippen LogP contribution is -2.11. The Morgan fingerprint density at radius 3 is 2.43 bits per heavy atom. The van der Waals surface area contributed by atoms with Crippen molar-refractivity contribution in [3.8, 4) is 0 Å². The number of hydrogen-bond donors (Lipinski definition) is 2. The molecule has 1 aromatic carbocycles. The Balaban J connectivity index is 2.11. The molecular formula is C17H24N4. The fourth-order valence-electron chi connectivity index (χ4n) is 1.98. The molecule has 0 amide bonds. The largest absolute Gasteiger partial charge is 0.354 e. The minimum atomic E-state index is 0.562. The first-order chi connectivity index (χ1) is 10.1. The van der Waals surface area contributed by atoms with Crippen LogP contribution in [-0.2, 0) is 6.42 Å². The second-order valence-corrected chi connectivity index (χ2v) is 5.67. The summed E-state index contributed by atoms with van der Waals surface area (Å²) in [6.45, 7) is 9.33. The highest BCUT2D eigenvalue weighted by Crippen LogP contribution is 2.17. The predicted molar refractivity (Wildman–Crippen MR) is 89.2 cm³/mol. The number of nitrogens with zero attached hydrogens (tertiary/aromatic N) is 2. The summed E-state index contributed by atoms with van der Waals surface area (Å²) in [5.41, 5.74) is 3.32. The van der Waals surface area contributed by atoms with Gasteiger partial charge in [0, 0.05) is 24.0 Å². The van der Waals surface area contributed by atoms with Crippen LogP contribution in [0.3, 0.4) is 0 Å². The van der Waals surface area contributed by atoms with Gasteiger partial charge in [0.2, 0.25) is 5.95 Å². The molecule has 4 heteroatoms. The van der Waals surface area contributed by atoms with Crippen molar-refractivity contribution >= 4 is 17.5 Å². The summed E-state index contributed by atoms with van der Waals surface area (Å²) in [5.74, 6) is 2.06. The van der Waals surface area contributed by atoms with E-state index in [1.54, 1.807) is 0 Å². The fourth-order valence-corrected chi connectivity index (χ4v) is 1.98. The molecule has 2 rings (SSSR count). The Morgan fingerprint density at radius 1 is 1.10 bits per heavy atom. The zero-order valence-electron chi connectivity index (χ0n) is 13.3. The maximum absolute atomic E-state index is 4.51. The molecular weight excluding hydrogens is 260 g/mol. The van der Waals surface area contributed by atoms with Gasteiger partial charge in [0.25, 0.3) is 0 Å². The Bertz CT molecular complexity index is 576. The van der Waals surface area contributed by atoms with Crippen molar-refractivity contribution in [1.29, 1.82) is 0 Å². The molecule has 21 heavy (non-hydrogen) atoms. The number of aryl methyl sites for hydroxylation is 2. The van der Waals surface area contributed by atoms with Gasteiger partial charge in [-0.15, -0.1) is 0 Å². The van der Waals surface area contributed by atoms with E-state index >= 15 is 0 Å². The third kappa shape index (κ3) is 4.74. The number of aromatic nitrogens is 2. The highest BCUT2D eigenvalue weighted by atomic mass is 15.1. The van der Waals surface area contributed by atoms with Crippen LogP contribution in [0.4, 0.5) is 17.5 Å². The van der Waals surface area contributed by atoms with E-state index in [2.05, 4.69) is 65.6 Å². The molecule has 0 aliphatic rings. The smallest absolute Gasteiger partial charge is 0.224 e. The maximum Gasteiger partial charge on any atom is 0.224 e. The van der Waals surface area contributed by atoms with Crippen molar-refractivity contribution in [2.24, 2.45) is 5.92 Å². The van der Waals surface area contributed by atoms with Gasteiger partial charge in [0.05, 0.1) is 0 Å². The van der Waals surface area contributed by atoms with Crippen LogP contribution in [0, 0.1) is 12.8 Å². The zero-order chi connectivity index (χ0) is 15.2. The molecule has 0 aliphatic carbocycles. The summed E-state index contributed by atoms with van der Waals surface area (Å²) in [6, 6.07) is 10.4. The second kappa shape index (κ2) is 7.07. The van der Waals surface area contributed by atoms with Gasteiger partial charge in [0.15, 0.2) is 0 Å². The SMILES string of the molecule is CCc1ccc(Nc2cc(C)nc(NCC(C)C)n2)cc1. The Kier molecular flexibility index (Phi) is 5.14. The molecule has 0 saturated heterocycles. The predicted octanol–water partition coefficient (Wildman–Crippen LogP) is 4.16. The number of anilines is 3. The van der Waals surface area contributed by atoms with Crippen molar-refractivity contribution in [2.45, 2.75) is 34.1 Å². The lowest BCUT2D eigenvalue weighted by Gasteiger charge is -2.11. The monoisotopic (exact) mass is 284 g/mol. The molecule has 112 valence electrons. The Morgan fingerprint density at radius 2 is 1.81 bits per heavy atom. The van der Waals surface area contributed by atoms with E-state index in [9.17, 15) is 0 Å². The van der Waals surface area contributed by atoms with Crippen LogP contribution in [0.1, 0.15) is 32.0 Å². The van der Waals surface area contributed by atoms with Crippen molar-refractivity contribution in [1.82, 2.24) is 9.97 Å². The average molecular weight is 284 g/mol. The first kappa shape index (κ1) is 15.3. The van der Waals surface area contributed by atoms with Crippen LogP contribution in [0.25, 0.3) is 0 Å². The molecule has 0 atom stereocenters. The highest BCUT2D eigenvalue weighted by molar-refractivity contribution is 5.57. The molecule has 0 saturated carbocycles. The number of nitrogens with one attached hydrogen (secondary N) is 2. The topological polar surface area (TPSA) is 49.8 Å². The van der Waals surface area contributed by atoms with Gasteiger partial charge in [-0.1, -0.05) is 32.9 Å². The van der Waals surface area contributed by atoms with E-state index < -0.39 is 0 Å². The van der Waals surface area contributed by atoms with Crippen LogP contribution in [0.15, 0.2) is 30.3 Å². The van der Waals surface area contributed by atoms with Gasteiger partial charge < -0.3 is 10.6 Å². The Hall–Kier alpha value is -2.10. The molecule has 0 fully saturated rings. The first-order valence-corrected chi connectivity index (χ1v) is 7.52. The minimum absolute atomic E-state index is 0.562. The fraction of sp³-hybridized carbons (Fsp3) is 0.412. The average Bonchev–Trinajstić information content (AvgIpc) is 2.45. The highest BCUT2D eigenvalue weighted by Gasteiger charge is 2.03. The molecule has 2 aromatic rings. The second-order valence-electron chi connectivity index (χ2n) is 5.67. The van der Waals surface area contributed by atoms with Gasteiger partial charge in [-0.25, -0.2) is 4.98 Å². The third-order valence-corrected chi connectivity index (χ3v) is 3.16. The van der Waals surface area contributed by atoms with Gasteiger partial charge >= 0.3 is 0 Å². The summed E-state index contributed by atoms with van der Waals surface area (Å²) in [5, 5.41) is 6.60. The van der Waals surface area contributed by atoms with E-state index in [-0.39, 0.29) is 0 Å². The molecule has 0 bridgehead atoms. The molecule has 1 heterocycles.